The first-order valence-electron chi connectivity index (χ1n) is 7.54. The smallest absolute Gasteiger partial charge is 0.245 e. The zero-order chi connectivity index (χ0) is 16.0. The summed E-state index contributed by atoms with van der Waals surface area (Å²) in [5.74, 6) is -0.392. The van der Waals surface area contributed by atoms with Crippen molar-refractivity contribution >= 4 is 29.5 Å². The molecule has 0 atom stereocenters. The largest absolute Gasteiger partial charge is 0.357 e. The number of amides is 2. The van der Waals surface area contributed by atoms with Gasteiger partial charge in [-0.1, -0.05) is 49.1 Å². The minimum absolute atomic E-state index is 0.119. The minimum atomic E-state index is -0.783. The van der Waals surface area contributed by atoms with Crippen LogP contribution in [-0.4, -0.2) is 24.4 Å². The summed E-state index contributed by atoms with van der Waals surface area (Å²) < 4.78 is 0. The van der Waals surface area contributed by atoms with Gasteiger partial charge < -0.3 is 10.6 Å². The van der Waals surface area contributed by atoms with Crippen LogP contribution in [0.25, 0.3) is 6.08 Å². The highest BCUT2D eigenvalue weighted by Crippen LogP contribution is 2.28. The van der Waals surface area contributed by atoms with Crippen LogP contribution in [0.2, 0.25) is 5.02 Å². The molecule has 2 rings (SSSR count). The Hall–Kier alpha value is -1.81. The number of carbonyl (C=O) groups excluding carboxylic acids is 2. The van der Waals surface area contributed by atoms with Gasteiger partial charge in [0.1, 0.15) is 5.54 Å². The Morgan fingerprint density at radius 3 is 2.50 bits per heavy atom. The summed E-state index contributed by atoms with van der Waals surface area (Å²) in [6, 6.07) is 7.30. The second-order valence-electron chi connectivity index (χ2n) is 5.57. The van der Waals surface area contributed by atoms with Crippen molar-refractivity contribution in [2.24, 2.45) is 0 Å². The van der Waals surface area contributed by atoms with E-state index in [9.17, 15) is 9.59 Å². The van der Waals surface area contributed by atoms with E-state index in [1.807, 2.05) is 18.2 Å². The van der Waals surface area contributed by atoms with Gasteiger partial charge in [0.15, 0.2) is 0 Å². The number of nitrogens with one attached hydrogen (secondary N) is 2. The second-order valence-corrected chi connectivity index (χ2v) is 5.97. The molecule has 0 radical (unpaired) electrons. The van der Waals surface area contributed by atoms with Crippen LogP contribution in [-0.2, 0) is 9.59 Å². The maximum Gasteiger partial charge on any atom is 0.245 e. The van der Waals surface area contributed by atoms with E-state index >= 15 is 0 Å². The molecule has 0 bridgehead atoms. The molecule has 0 saturated heterocycles. The molecule has 1 fully saturated rings. The Kier molecular flexibility index (Phi) is 5.61. The molecule has 2 N–H and O–H groups in total. The van der Waals surface area contributed by atoms with E-state index in [4.69, 9.17) is 11.6 Å². The topological polar surface area (TPSA) is 58.2 Å². The molecule has 1 saturated carbocycles. The van der Waals surface area contributed by atoms with Crippen LogP contribution in [0, 0.1) is 0 Å². The Bertz CT molecular complexity index is 578. The predicted octanol–water partition coefficient (Wildman–Crippen LogP) is 2.92. The number of hydrogen-bond donors (Lipinski definition) is 2. The highest BCUT2D eigenvalue weighted by molar-refractivity contribution is 6.32. The monoisotopic (exact) mass is 320 g/mol. The van der Waals surface area contributed by atoms with Gasteiger partial charge in [-0.3, -0.25) is 9.59 Å². The van der Waals surface area contributed by atoms with Crippen LogP contribution in [0.15, 0.2) is 30.3 Å². The van der Waals surface area contributed by atoms with Gasteiger partial charge in [0.2, 0.25) is 11.8 Å². The van der Waals surface area contributed by atoms with Crippen molar-refractivity contribution < 1.29 is 9.59 Å². The van der Waals surface area contributed by atoms with Crippen LogP contribution in [0.5, 0.6) is 0 Å². The first kappa shape index (κ1) is 16.6. The SMILES string of the molecule is CNC(=O)C1(NC(=O)C=Cc2ccccc2Cl)CCCCC1. The average Bonchev–Trinajstić information content (AvgIpc) is 2.54. The number of carbonyl (C=O) groups is 2. The number of benzene rings is 1. The van der Waals surface area contributed by atoms with Crippen molar-refractivity contribution in [3.63, 3.8) is 0 Å². The molecule has 1 aliphatic rings. The Morgan fingerprint density at radius 1 is 1.18 bits per heavy atom. The zero-order valence-electron chi connectivity index (χ0n) is 12.7. The summed E-state index contributed by atoms with van der Waals surface area (Å²) in [5, 5.41) is 6.15. The standard InChI is InChI=1S/C17H21ClN2O2/c1-19-16(22)17(11-5-2-6-12-17)20-15(21)10-9-13-7-3-4-8-14(13)18/h3-4,7-10H,2,5-6,11-12H2,1H3,(H,19,22)(H,20,21). The fraction of sp³-hybridized carbons (Fsp3) is 0.412. The number of halogens is 1. The van der Waals surface area contributed by atoms with E-state index < -0.39 is 5.54 Å². The molecule has 1 aliphatic carbocycles. The average molecular weight is 321 g/mol. The van der Waals surface area contributed by atoms with Gasteiger partial charge >= 0.3 is 0 Å². The van der Waals surface area contributed by atoms with Crippen molar-refractivity contribution in [3.05, 3.63) is 40.9 Å². The molecule has 0 unspecified atom stereocenters. The fourth-order valence-electron chi connectivity index (χ4n) is 2.86. The van der Waals surface area contributed by atoms with Crippen molar-refractivity contribution in [1.29, 1.82) is 0 Å². The predicted molar refractivity (Wildman–Crippen MR) is 88.5 cm³/mol. The number of hydrogen-bond acceptors (Lipinski definition) is 2. The third-order valence-electron chi connectivity index (χ3n) is 4.05. The summed E-state index contributed by atoms with van der Waals surface area (Å²) in [6.45, 7) is 0. The molecule has 0 heterocycles. The quantitative estimate of drug-likeness (QED) is 0.838. The molecular weight excluding hydrogens is 300 g/mol. The maximum absolute atomic E-state index is 12.2. The zero-order valence-corrected chi connectivity index (χ0v) is 13.5. The molecule has 1 aromatic rings. The second kappa shape index (κ2) is 7.45. The van der Waals surface area contributed by atoms with Gasteiger partial charge in [0.05, 0.1) is 0 Å². The third kappa shape index (κ3) is 3.89. The molecule has 5 heteroatoms. The lowest BCUT2D eigenvalue weighted by atomic mass is 9.81. The summed E-state index contributed by atoms with van der Waals surface area (Å²) >= 11 is 6.05. The van der Waals surface area contributed by atoms with E-state index in [0.29, 0.717) is 17.9 Å². The van der Waals surface area contributed by atoms with Gasteiger partial charge in [-0.15, -0.1) is 0 Å². The van der Waals surface area contributed by atoms with Crippen molar-refractivity contribution in [2.75, 3.05) is 7.05 Å². The lowest BCUT2D eigenvalue weighted by Gasteiger charge is -2.35. The maximum atomic E-state index is 12.2. The van der Waals surface area contributed by atoms with Crippen molar-refractivity contribution in [2.45, 2.75) is 37.6 Å². The molecule has 0 spiro atoms. The highest BCUT2D eigenvalue weighted by Gasteiger charge is 2.39. The van der Waals surface area contributed by atoms with Crippen LogP contribution >= 0.6 is 11.6 Å². The van der Waals surface area contributed by atoms with Crippen LogP contribution in [0.3, 0.4) is 0 Å². The molecule has 0 aliphatic heterocycles. The van der Waals surface area contributed by atoms with Crippen LogP contribution in [0.4, 0.5) is 0 Å². The molecule has 22 heavy (non-hydrogen) atoms. The Labute approximate surface area is 135 Å². The number of rotatable bonds is 4. The summed E-state index contributed by atoms with van der Waals surface area (Å²) in [5.41, 5.74) is -0.00787. The van der Waals surface area contributed by atoms with Crippen molar-refractivity contribution in [1.82, 2.24) is 10.6 Å². The molecule has 2 amide bonds. The lowest BCUT2D eigenvalue weighted by Crippen LogP contribution is -2.58. The third-order valence-corrected chi connectivity index (χ3v) is 4.39. The van der Waals surface area contributed by atoms with E-state index in [0.717, 1.165) is 24.8 Å². The van der Waals surface area contributed by atoms with Crippen LogP contribution in [0.1, 0.15) is 37.7 Å². The normalized spacial score (nSPS) is 17.2. The summed E-state index contributed by atoms with van der Waals surface area (Å²) in [6.07, 6.45) is 7.45. The highest BCUT2D eigenvalue weighted by atomic mass is 35.5. The molecule has 4 nitrogen and oxygen atoms in total. The first-order chi connectivity index (χ1) is 10.6. The summed E-state index contributed by atoms with van der Waals surface area (Å²) in [4.78, 5) is 24.4. The molecule has 118 valence electrons. The van der Waals surface area contributed by atoms with Gasteiger partial charge in [0.25, 0.3) is 0 Å². The van der Waals surface area contributed by atoms with Gasteiger partial charge in [-0.05, 0) is 30.5 Å². The lowest BCUT2D eigenvalue weighted by molar-refractivity contribution is -0.133. The minimum Gasteiger partial charge on any atom is -0.357 e. The molecule has 0 aromatic heterocycles. The van der Waals surface area contributed by atoms with Gasteiger partial charge in [0, 0.05) is 18.1 Å². The van der Waals surface area contributed by atoms with Crippen LogP contribution < -0.4 is 10.6 Å². The van der Waals surface area contributed by atoms with Crippen molar-refractivity contribution in [3.8, 4) is 0 Å². The fourth-order valence-corrected chi connectivity index (χ4v) is 3.06. The van der Waals surface area contributed by atoms with E-state index in [2.05, 4.69) is 10.6 Å². The van der Waals surface area contributed by atoms with E-state index in [-0.39, 0.29) is 11.8 Å². The first-order valence-corrected chi connectivity index (χ1v) is 7.92. The number of likely N-dealkylation sites (N-methyl/N-ethyl adjacent to an activating group) is 1. The van der Waals surface area contributed by atoms with Gasteiger partial charge in [-0.25, -0.2) is 0 Å². The van der Waals surface area contributed by atoms with Gasteiger partial charge in [-0.2, -0.15) is 0 Å². The van der Waals surface area contributed by atoms with E-state index in [1.54, 1.807) is 19.2 Å². The molecular formula is C17H21ClN2O2. The van der Waals surface area contributed by atoms with E-state index in [1.165, 1.54) is 6.08 Å². The Balaban J connectivity index is 2.08. The Morgan fingerprint density at radius 2 is 1.86 bits per heavy atom. The summed E-state index contributed by atoms with van der Waals surface area (Å²) in [7, 11) is 1.60. The molecule has 1 aromatic carbocycles.